The molecular weight excluding hydrogens is 272 g/mol. The van der Waals surface area contributed by atoms with Gasteiger partial charge in [-0.3, -0.25) is 4.90 Å². The van der Waals surface area contributed by atoms with Crippen LogP contribution in [0.15, 0.2) is 36.4 Å². The molecule has 1 fully saturated rings. The van der Waals surface area contributed by atoms with Crippen LogP contribution >= 0.6 is 0 Å². The maximum Gasteiger partial charge on any atom is 0.124 e. The molecule has 1 saturated heterocycles. The van der Waals surface area contributed by atoms with Gasteiger partial charge in [0.1, 0.15) is 5.75 Å². The highest BCUT2D eigenvalue weighted by atomic mass is 16.5. The summed E-state index contributed by atoms with van der Waals surface area (Å²) >= 11 is 0. The van der Waals surface area contributed by atoms with Gasteiger partial charge in [-0.1, -0.05) is 43.7 Å². The van der Waals surface area contributed by atoms with Crippen molar-refractivity contribution < 1.29 is 4.74 Å². The van der Waals surface area contributed by atoms with Crippen molar-refractivity contribution in [1.82, 2.24) is 10.2 Å². The van der Waals surface area contributed by atoms with Gasteiger partial charge in [0.15, 0.2) is 0 Å². The molecule has 3 rings (SSSR count). The van der Waals surface area contributed by atoms with Crippen LogP contribution in [0.4, 0.5) is 0 Å². The Morgan fingerprint density at radius 3 is 2.64 bits per heavy atom. The molecule has 0 aliphatic carbocycles. The van der Waals surface area contributed by atoms with Gasteiger partial charge in [0.25, 0.3) is 0 Å². The Balaban J connectivity index is 2.10. The fraction of sp³-hybridized carbons (Fsp3) is 0.474. The molecule has 0 radical (unpaired) electrons. The van der Waals surface area contributed by atoms with E-state index in [0.717, 1.165) is 31.9 Å². The van der Waals surface area contributed by atoms with Crippen LogP contribution in [0, 0.1) is 0 Å². The first-order valence-electron chi connectivity index (χ1n) is 8.35. The SMILES string of the molecule is CCC[C@@H](c1c(OC)ccc2ccccc12)N1CCNCC1. The van der Waals surface area contributed by atoms with Crippen LogP contribution in [0.25, 0.3) is 10.8 Å². The van der Waals surface area contributed by atoms with E-state index >= 15 is 0 Å². The minimum Gasteiger partial charge on any atom is -0.496 e. The number of ether oxygens (including phenoxy) is 1. The van der Waals surface area contributed by atoms with E-state index in [-0.39, 0.29) is 0 Å². The quantitative estimate of drug-likeness (QED) is 0.913. The summed E-state index contributed by atoms with van der Waals surface area (Å²) in [7, 11) is 1.79. The van der Waals surface area contributed by atoms with Crippen LogP contribution in [0.2, 0.25) is 0 Å². The molecule has 1 aliphatic heterocycles. The van der Waals surface area contributed by atoms with Crippen LogP contribution in [-0.4, -0.2) is 38.2 Å². The van der Waals surface area contributed by atoms with E-state index in [4.69, 9.17) is 4.74 Å². The van der Waals surface area contributed by atoms with E-state index in [0.29, 0.717) is 6.04 Å². The lowest BCUT2D eigenvalue weighted by Gasteiger charge is -2.36. The predicted molar refractivity (Wildman–Crippen MR) is 92.6 cm³/mol. The van der Waals surface area contributed by atoms with E-state index in [9.17, 15) is 0 Å². The minimum atomic E-state index is 0.438. The molecule has 0 aromatic heterocycles. The molecule has 1 aliphatic rings. The third-order valence-corrected chi connectivity index (χ3v) is 4.64. The van der Waals surface area contributed by atoms with Gasteiger partial charge in [-0.25, -0.2) is 0 Å². The maximum atomic E-state index is 5.73. The van der Waals surface area contributed by atoms with Gasteiger partial charge in [0.05, 0.1) is 7.11 Å². The second-order valence-electron chi connectivity index (χ2n) is 5.99. The van der Waals surface area contributed by atoms with Gasteiger partial charge >= 0.3 is 0 Å². The summed E-state index contributed by atoms with van der Waals surface area (Å²) in [4.78, 5) is 2.62. The summed E-state index contributed by atoms with van der Waals surface area (Å²) in [6.45, 7) is 6.64. The Labute approximate surface area is 133 Å². The van der Waals surface area contributed by atoms with Crippen LogP contribution in [0.3, 0.4) is 0 Å². The lowest BCUT2D eigenvalue weighted by molar-refractivity contribution is 0.163. The Kier molecular flexibility index (Phi) is 4.96. The summed E-state index contributed by atoms with van der Waals surface area (Å²) in [6, 6.07) is 13.4. The third-order valence-electron chi connectivity index (χ3n) is 4.64. The molecular formula is C19H26N2O. The van der Waals surface area contributed by atoms with E-state index in [1.807, 2.05) is 0 Å². The van der Waals surface area contributed by atoms with E-state index in [1.165, 1.54) is 29.2 Å². The predicted octanol–water partition coefficient (Wildman–Crippen LogP) is 3.59. The molecule has 1 heterocycles. The Morgan fingerprint density at radius 1 is 1.14 bits per heavy atom. The van der Waals surface area contributed by atoms with E-state index in [2.05, 4.69) is 53.5 Å². The van der Waals surface area contributed by atoms with Gasteiger partial charge in [0.2, 0.25) is 0 Å². The largest absolute Gasteiger partial charge is 0.496 e. The minimum absolute atomic E-state index is 0.438. The van der Waals surface area contributed by atoms with Crippen molar-refractivity contribution in [3.05, 3.63) is 42.0 Å². The van der Waals surface area contributed by atoms with Crippen molar-refractivity contribution in [2.75, 3.05) is 33.3 Å². The molecule has 2 aromatic carbocycles. The Hall–Kier alpha value is -1.58. The van der Waals surface area contributed by atoms with Gasteiger partial charge in [-0.05, 0) is 23.3 Å². The molecule has 0 bridgehead atoms. The lowest BCUT2D eigenvalue weighted by atomic mass is 9.93. The standard InChI is InChI=1S/C19H26N2O/c1-3-6-17(21-13-11-20-12-14-21)19-16-8-5-4-7-15(16)9-10-18(19)22-2/h4-5,7-10,17,20H,3,6,11-14H2,1-2H3/t17-/m0/s1. The summed E-state index contributed by atoms with van der Waals surface area (Å²) in [5.74, 6) is 1.02. The Bertz CT molecular complexity index is 620. The summed E-state index contributed by atoms with van der Waals surface area (Å²) in [5, 5.41) is 6.09. The summed E-state index contributed by atoms with van der Waals surface area (Å²) < 4.78 is 5.73. The molecule has 22 heavy (non-hydrogen) atoms. The van der Waals surface area contributed by atoms with Crippen molar-refractivity contribution in [2.24, 2.45) is 0 Å². The van der Waals surface area contributed by atoms with E-state index < -0.39 is 0 Å². The van der Waals surface area contributed by atoms with Crippen molar-refractivity contribution >= 4 is 10.8 Å². The number of nitrogens with zero attached hydrogens (tertiary/aromatic N) is 1. The third kappa shape index (κ3) is 2.96. The monoisotopic (exact) mass is 298 g/mol. The zero-order valence-electron chi connectivity index (χ0n) is 13.6. The van der Waals surface area contributed by atoms with Crippen molar-refractivity contribution in [2.45, 2.75) is 25.8 Å². The molecule has 2 aromatic rings. The number of piperazine rings is 1. The first kappa shape index (κ1) is 15.3. The van der Waals surface area contributed by atoms with Gasteiger partial charge < -0.3 is 10.1 Å². The zero-order chi connectivity index (χ0) is 15.4. The highest BCUT2D eigenvalue weighted by Crippen LogP contribution is 2.38. The number of rotatable bonds is 5. The average molecular weight is 298 g/mol. The van der Waals surface area contributed by atoms with Gasteiger partial charge in [0, 0.05) is 37.8 Å². The average Bonchev–Trinajstić information content (AvgIpc) is 2.59. The summed E-state index contributed by atoms with van der Waals surface area (Å²) in [5.41, 5.74) is 1.37. The summed E-state index contributed by atoms with van der Waals surface area (Å²) in [6.07, 6.45) is 2.35. The molecule has 0 unspecified atom stereocenters. The molecule has 1 atom stereocenters. The molecule has 0 amide bonds. The van der Waals surface area contributed by atoms with Crippen LogP contribution in [-0.2, 0) is 0 Å². The van der Waals surface area contributed by atoms with Crippen molar-refractivity contribution in [3.63, 3.8) is 0 Å². The van der Waals surface area contributed by atoms with Gasteiger partial charge in [-0.15, -0.1) is 0 Å². The number of methoxy groups -OCH3 is 1. The second kappa shape index (κ2) is 7.12. The fourth-order valence-corrected chi connectivity index (χ4v) is 3.57. The molecule has 0 spiro atoms. The molecule has 3 nitrogen and oxygen atoms in total. The highest BCUT2D eigenvalue weighted by Gasteiger charge is 2.25. The molecule has 3 heteroatoms. The number of hydrogen-bond acceptors (Lipinski definition) is 3. The van der Waals surface area contributed by atoms with Crippen LogP contribution in [0.1, 0.15) is 31.4 Å². The second-order valence-corrected chi connectivity index (χ2v) is 5.99. The molecule has 118 valence electrons. The van der Waals surface area contributed by atoms with E-state index in [1.54, 1.807) is 7.11 Å². The highest BCUT2D eigenvalue weighted by molar-refractivity contribution is 5.88. The topological polar surface area (TPSA) is 24.5 Å². The maximum absolute atomic E-state index is 5.73. The smallest absolute Gasteiger partial charge is 0.124 e. The molecule has 0 saturated carbocycles. The fourth-order valence-electron chi connectivity index (χ4n) is 3.57. The Morgan fingerprint density at radius 2 is 1.91 bits per heavy atom. The lowest BCUT2D eigenvalue weighted by Crippen LogP contribution is -2.45. The number of fused-ring (bicyclic) bond motifs is 1. The van der Waals surface area contributed by atoms with Crippen molar-refractivity contribution in [3.8, 4) is 5.75 Å². The zero-order valence-corrected chi connectivity index (χ0v) is 13.6. The van der Waals surface area contributed by atoms with Crippen molar-refractivity contribution in [1.29, 1.82) is 0 Å². The first-order chi connectivity index (χ1) is 10.8. The molecule has 1 N–H and O–H groups in total. The normalized spacial score (nSPS) is 17.5. The van der Waals surface area contributed by atoms with Crippen LogP contribution in [0.5, 0.6) is 5.75 Å². The number of hydrogen-bond donors (Lipinski definition) is 1. The van der Waals surface area contributed by atoms with Gasteiger partial charge in [-0.2, -0.15) is 0 Å². The first-order valence-corrected chi connectivity index (χ1v) is 8.35. The number of nitrogens with one attached hydrogen (secondary N) is 1. The number of benzene rings is 2. The van der Waals surface area contributed by atoms with Crippen LogP contribution < -0.4 is 10.1 Å².